The predicted octanol–water partition coefficient (Wildman–Crippen LogP) is 0.464. The first-order valence-electron chi connectivity index (χ1n) is 4.36. The standard InChI is InChI=1S/C8H16N2O4/c1-3-6(4-13-7(9)11)5-14-8(12)10-2/h6H,3-5H2,1-2H3,(H2,9,11)(H,10,12). The van der Waals surface area contributed by atoms with Gasteiger partial charge in [-0.15, -0.1) is 0 Å². The number of nitrogens with one attached hydrogen (secondary N) is 1. The van der Waals surface area contributed by atoms with Crippen molar-refractivity contribution in [2.75, 3.05) is 20.3 Å². The van der Waals surface area contributed by atoms with E-state index in [9.17, 15) is 9.59 Å². The molecule has 1 unspecified atom stereocenters. The Morgan fingerprint density at radius 1 is 1.36 bits per heavy atom. The third kappa shape index (κ3) is 6.10. The smallest absolute Gasteiger partial charge is 0.406 e. The molecule has 6 nitrogen and oxygen atoms in total. The summed E-state index contributed by atoms with van der Waals surface area (Å²) in [5.41, 5.74) is 4.80. The van der Waals surface area contributed by atoms with Gasteiger partial charge in [-0.3, -0.25) is 0 Å². The molecule has 0 aliphatic carbocycles. The zero-order chi connectivity index (χ0) is 11.0. The molecule has 0 heterocycles. The molecule has 6 heteroatoms. The molecule has 0 aromatic heterocycles. The third-order valence-electron chi connectivity index (χ3n) is 1.69. The average Bonchev–Trinajstić information content (AvgIpc) is 2.17. The van der Waals surface area contributed by atoms with Gasteiger partial charge in [0, 0.05) is 13.0 Å². The number of nitrogens with two attached hydrogens (primary N) is 1. The minimum absolute atomic E-state index is 0.0141. The summed E-state index contributed by atoms with van der Waals surface area (Å²) in [6, 6.07) is 0. The van der Waals surface area contributed by atoms with Crippen LogP contribution in [0.15, 0.2) is 0 Å². The van der Waals surface area contributed by atoms with Crippen molar-refractivity contribution in [3.8, 4) is 0 Å². The van der Waals surface area contributed by atoms with Crippen molar-refractivity contribution in [2.24, 2.45) is 11.7 Å². The molecule has 0 saturated heterocycles. The van der Waals surface area contributed by atoms with Crippen LogP contribution >= 0.6 is 0 Å². The van der Waals surface area contributed by atoms with E-state index in [0.29, 0.717) is 0 Å². The number of ether oxygens (including phenoxy) is 2. The number of carbonyl (C=O) groups is 2. The van der Waals surface area contributed by atoms with Gasteiger partial charge in [0.05, 0.1) is 13.2 Å². The van der Waals surface area contributed by atoms with E-state index in [1.165, 1.54) is 7.05 Å². The number of primary amides is 1. The molecule has 1 atom stereocenters. The highest BCUT2D eigenvalue weighted by atomic mass is 16.6. The lowest BCUT2D eigenvalue weighted by Gasteiger charge is -2.13. The summed E-state index contributed by atoms with van der Waals surface area (Å²) in [6.45, 7) is 2.29. The summed E-state index contributed by atoms with van der Waals surface area (Å²) >= 11 is 0. The Kier molecular flexibility index (Phi) is 6.26. The molecular formula is C8H16N2O4. The molecule has 0 aromatic rings. The van der Waals surface area contributed by atoms with Crippen LogP contribution < -0.4 is 11.1 Å². The molecule has 0 aliphatic rings. The van der Waals surface area contributed by atoms with Crippen LogP contribution in [0.5, 0.6) is 0 Å². The normalized spacial score (nSPS) is 11.6. The summed E-state index contributed by atoms with van der Waals surface area (Å²) in [5, 5.41) is 2.32. The molecule has 0 bridgehead atoms. The zero-order valence-electron chi connectivity index (χ0n) is 8.41. The van der Waals surface area contributed by atoms with Crippen LogP contribution in [0.2, 0.25) is 0 Å². The summed E-state index contributed by atoms with van der Waals surface area (Å²) in [7, 11) is 1.48. The van der Waals surface area contributed by atoms with Gasteiger partial charge in [-0.25, -0.2) is 9.59 Å². The number of carbonyl (C=O) groups excluding carboxylic acids is 2. The molecule has 0 radical (unpaired) electrons. The molecule has 0 aromatic carbocycles. The molecule has 0 rings (SSSR count). The minimum Gasteiger partial charge on any atom is -0.449 e. The van der Waals surface area contributed by atoms with Crippen molar-refractivity contribution in [1.29, 1.82) is 0 Å². The van der Waals surface area contributed by atoms with E-state index in [2.05, 4.69) is 10.1 Å². The van der Waals surface area contributed by atoms with Gasteiger partial charge in [-0.2, -0.15) is 0 Å². The van der Waals surface area contributed by atoms with Gasteiger partial charge in [-0.05, 0) is 6.42 Å². The Hall–Kier alpha value is -1.46. The lowest BCUT2D eigenvalue weighted by atomic mass is 10.1. The SMILES string of the molecule is CCC(COC(N)=O)COC(=O)NC. The van der Waals surface area contributed by atoms with E-state index in [-0.39, 0.29) is 19.1 Å². The summed E-state index contributed by atoms with van der Waals surface area (Å²) < 4.78 is 9.38. The van der Waals surface area contributed by atoms with Crippen LogP contribution in [-0.4, -0.2) is 32.4 Å². The maximum atomic E-state index is 10.7. The lowest BCUT2D eigenvalue weighted by Crippen LogP contribution is -2.26. The highest BCUT2D eigenvalue weighted by Gasteiger charge is 2.10. The molecule has 0 saturated carbocycles. The second-order valence-corrected chi connectivity index (χ2v) is 2.75. The van der Waals surface area contributed by atoms with Gasteiger partial charge in [0.2, 0.25) is 0 Å². The molecule has 82 valence electrons. The van der Waals surface area contributed by atoms with Gasteiger partial charge in [0.15, 0.2) is 0 Å². The van der Waals surface area contributed by atoms with Gasteiger partial charge in [0.1, 0.15) is 0 Å². The van der Waals surface area contributed by atoms with Gasteiger partial charge < -0.3 is 20.5 Å². The number of hydrogen-bond donors (Lipinski definition) is 2. The fourth-order valence-electron chi connectivity index (χ4n) is 0.750. The molecule has 0 aliphatic heterocycles. The second-order valence-electron chi connectivity index (χ2n) is 2.75. The van der Waals surface area contributed by atoms with E-state index in [1.807, 2.05) is 6.92 Å². The van der Waals surface area contributed by atoms with Crippen LogP contribution in [0.25, 0.3) is 0 Å². The minimum atomic E-state index is -0.816. The van der Waals surface area contributed by atoms with Crippen molar-refractivity contribution >= 4 is 12.2 Å². The van der Waals surface area contributed by atoms with Gasteiger partial charge in [0.25, 0.3) is 0 Å². The zero-order valence-corrected chi connectivity index (χ0v) is 8.41. The Labute approximate surface area is 82.7 Å². The molecular weight excluding hydrogens is 188 g/mol. The van der Waals surface area contributed by atoms with E-state index >= 15 is 0 Å². The Morgan fingerprint density at radius 2 is 1.93 bits per heavy atom. The van der Waals surface area contributed by atoms with Crippen molar-refractivity contribution in [1.82, 2.24) is 5.32 Å². The fraction of sp³-hybridized carbons (Fsp3) is 0.750. The third-order valence-corrected chi connectivity index (χ3v) is 1.69. The van der Waals surface area contributed by atoms with Crippen LogP contribution in [0.3, 0.4) is 0 Å². The van der Waals surface area contributed by atoms with Crippen LogP contribution in [-0.2, 0) is 9.47 Å². The van der Waals surface area contributed by atoms with Gasteiger partial charge >= 0.3 is 12.2 Å². The predicted molar refractivity (Wildman–Crippen MR) is 49.7 cm³/mol. The van der Waals surface area contributed by atoms with Crippen molar-refractivity contribution in [2.45, 2.75) is 13.3 Å². The average molecular weight is 204 g/mol. The van der Waals surface area contributed by atoms with Crippen LogP contribution in [0, 0.1) is 5.92 Å². The molecule has 3 N–H and O–H groups in total. The van der Waals surface area contributed by atoms with E-state index in [0.717, 1.165) is 6.42 Å². The van der Waals surface area contributed by atoms with Crippen molar-refractivity contribution < 1.29 is 19.1 Å². The first-order chi connectivity index (χ1) is 6.60. The Morgan fingerprint density at radius 3 is 2.36 bits per heavy atom. The quantitative estimate of drug-likeness (QED) is 0.680. The Bertz CT molecular complexity index is 196. The number of hydrogen-bond acceptors (Lipinski definition) is 4. The fourth-order valence-corrected chi connectivity index (χ4v) is 0.750. The number of amides is 2. The van der Waals surface area contributed by atoms with E-state index in [1.54, 1.807) is 0 Å². The summed E-state index contributed by atoms with van der Waals surface area (Å²) in [4.78, 5) is 21.0. The maximum Gasteiger partial charge on any atom is 0.406 e. The highest BCUT2D eigenvalue weighted by molar-refractivity contribution is 5.66. The molecule has 0 spiro atoms. The van der Waals surface area contributed by atoms with E-state index < -0.39 is 12.2 Å². The van der Waals surface area contributed by atoms with Crippen molar-refractivity contribution in [3.05, 3.63) is 0 Å². The first-order valence-corrected chi connectivity index (χ1v) is 4.36. The number of rotatable bonds is 5. The Balaban J connectivity index is 3.68. The largest absolute Gasteiger partial charge is 0.449 e. The van der Waals surface area contributed by atoms with Crippen molar-refractivity contribution in [3.63, 3.8) is 0 Å². The first kappa shape index (κ1) is 12.5. The maximum absolute atomic E-state index is 10.7. The van der Waals surface area contributed by atoms with Gasteiger partial charge in [-0.1, -0.05) is 6.92 Å². The molecule has 0 fully saturated rings. The number of alkyl carbamates (subject to hydrolysis) is 1. The topological polar surface area (TPSA) is 90.7 Å². The monoisotopic (exact) mass is 204 g/mol. The molecule has 14 heavy (non-hydrogen) atoms. The highest BCUT2D eigenvalue weighted by Crippen LogP contribution is 2.03. The van der Waals surface area contributed by atoms with Crippen LogP contribution in [0.4, 0.5) is 9.59 Å². The van der Waals surface area contributed by atoms with Crippen LogP contribution in [0.1, 0.15) is 13.3 Å². The summed E-state index contributed by atoms with van der Waals surface area (Å²) in [6.07, 6.45) is -0.574. The second kappa shape index (κ2) is 6.99. The lowest BCUT2D eigenvalue weighted by molar-refractivity contribution is 0.0891. The molecule has 2 amide bonds. The summed E-state index contributed by atoms with van der Waals surface area (Å²) in [5.74, 6) is -0.0141. The van der Waals surface area contributed by atoms with E-state index in [4.69, 9.17) is 10.5 Å².